The molecule has 1 aromatic carbocycles. The Balaban J connectivity index is 2.07. The summed E-state index contributed by atoms with van der Waals surface area (Å²) in [5.74, 6) is -1.47. The van der Waals surface area contributed by atoms with Crippen molar-refractivity contribution < 1.29 is 23.8 Å². The monoisotopic (exact) mass is 346 g/mol. The molecule has 1 fully saturated rings. The Morgan fingerprint density at radius 3 is 2.90 bits per heavy atom. The summed E-state index contributed by atoms with van der Waals surface area (Å²) in [5, 5.41) is 8.87. The van der Waals surface area contributed by atoms with E-state index in [1.54, 1.807) is 6.07 Å². The van der Waals surface area contributed by atoms with E-state index in [2.05, 4.69) is 15.9 Å². The Kier molecular flexibility index (Phi) is 5.51. The standard InChI is InChI=1S/C14H16BrFO4/c15-11-5-10(8-20-14-3-1-2-4-19-14)9(6-12(11)16)7-13(17)18/h5-6,14H,1-4,7-8H2,(H,17,18). The van der Waals surface area contributed by atoms with Gasteiger partial charge in [0, 0.05) is 6.61 Å². The molecular formula is C14H16BrFO4. The van der Waals surface area contributed by atoms with E-state index in [-0.39, 0.29) is 19.3 Å². The van der Waals surface area contributed by atoms with Gasteiger partial charge < -0.3 is 14.6 Å². The molecule has 20 heavy (non-hydrogen) atoms. The van der Waals surface area contributed by atoms with Gasteiger partial charge in [0.05, 0.1) is 17.5 Å². The molecule has 0 saturated carbocycles. The Labute approximate surface area is 125 Å². The molecule has 0 aliphatic carbocycles. The second kappa shape index (κ2) is 7.15. The molecule has 0 bridgehead atoms. The van der Waals surface area contributed by atoms with Gasteiger partial charge in [-0.3, -0.25) is 4.79 Å². The number of halogens is 2. The molecule has 1 aliphatic rings. The second-order valence-electron chi connectivity index (χ2n) is 4.71. The minimum absolute atomic E-state index is 0.214. The van der Waals surface area contributed by atoms with Crippen LogP contribution in [0.25, 0.3) is 0 Å². The normalized spacial score (nSPS) is 19.0. The Hall–Kier alpha value is -0.980. The maximum atomic E-state index is 13.5. The predicted octanol–water partition coefficient (Wildman–Crippen LogP) is 3.26. The van der Waals surface area contributed by atoms with Gasteiger partial charge in [-0.2, -0.15) is 0 Å². The minimum atomic E-state index is -0.998. The van der Waals surface area contributed by atoms with Crippen LogP contribution < -0.4 is 0 Å². The van der Waals surface area contributed by atoms with Crippen LogP contribution in [-0.2, 0) is 27.3 Å². The van der Waals surface area contributed by atoms with Crippen LogP contribution in [0.2, 0.25) is 0 Å². The lowest BCUT2D eigenvalue weighted by atomic mass is 10.0. The first-order valence-electron chi connectivity index (χ1n) is 6.48. The number of hydrogen-bond acceptors (Lipinski definition) is 3. The van der Waals surface area contributed by atoms with Crippen molar-refractivity contribution in [3.05, 3.63) is 33.5 Å². The van der Waals surface area contributed by atoms with Crippen molar-refractivity contribution in [2.45, 2.75) is 38.6 Å². The van der Waals surface area contributed by atoms with E-state index in [1.165, 1.54) is 6.07 Å². The number of carbonyl (C=O) groups is 1. The third-order valence-electron chi connectivity index (χ3n) is 3.15. The number of benzene rings is 1. The summed E-state index contributed by atoms with van der Waals surface area (Å²) >= 11 is 3.10. The number of carboxylic acids is 1. The zero-order chi connectivity index (χ0) is 14.5. The highest BCUT2D eigenvalue weighted by molar-refractivity contribution is 9.10. The van der Waals surface area contributed by atoms with Gasteiger partial charge in [-0.25, -0.2) is 4.39 Å². The molecular weight excluding hydrogens is 331 g/mol. The molecule has 1 saturated heterocycles. The summed E-state index contributed by atoms with van der Waals surface area (Å²) in [6.07, 6.45) is 2.43. The van der Waals surface area contributed by atoms with Crippen LogP contribution in [0.5, 0.6) is 0 Å². The van der Waals surface area contributed by atoms with Gasteiger partial charge in [0.1, 0.15) is 5.82 Å². The SMILES string of the molecule is O=C(O)Cc1cc(F)c(Br)cc1COC1CCCCO1. The average Bonchev–Trinajstić information content (AvgIpc) is 2.42. The zero-order valence-electron chi connectivity index (χ0n) is 10.9. The van der Waals surface area contributed by atoms with E-state index in [0.29, 0.717) is 22.2 Å². The predicted molar refractivity (Wildman–Crippen MR) is 73.8 cm³/mol. The van der Waals surface area contributed by atoms with E-state index in [1.807, 2.05) is 0 Å². The van der Waals surface area contributed by atoms with Gasteiger partial charge in [-0.1, -0.05) is 0 Å². The summed E-state index contributed by atoms with van der Waals surface area (Å²) in [5.41, 5.74) is 1.09. The van der Waals surface area contributed by atoms with Crippen molar-refractivity contribution in [1.82, 2.24) is 0 Å². The Morgan fingerprint density at radius 1 is 1.45 bits per heavy atom. The van der Waals surface area contributed by atoms with E-state index < -0.39 is 11.8 Å². The number of carboxylic acid groups (broad SMARTS) is 1. The highest BCUT2D eigenvalue weighted by Crippen LogP contribution is 2.23. The first kappa shape index (κ1) is 15.4. The number of aliphatic carboxylic acids is 1. The summed E-state index contributed by atoms with van der Waals surface area (Å²) in [6.45, 7) is 0.895. The fourth-order valence-corrected chi connectivity index (χ4v) is 2.51. The third kappa shape index (κ3) is 4.26. The maximum absolute atomic E-state index is 13.5. The molecule has 1 heterocycles. The molecule has 2 rings (SSSR count). The van der Waals surface area contributed by atoms with E-state index >= 15 is 0 Å². The fourth-order valence-electron chi connectivity index (χ4n) is 2.12. The Morgan fingerprint density at radius 2 is 2.25 bits per heavy atom. The van der Waals surface area contributed by atoms with Gasteiger partial charge >= 0.3 is 5.97 Å². The summed E-state index contributed by atoms with van der Waals surface area (Å²) in [4.78, 5) is 10.8. The smallest absolute Gasteiger partial charge is 0.307 e. The van der Waals surface area contributed by atoms with Crippen molar-refractivity contribution in [2.75, 3.05) is 6.61 Å². The van der Waals surface area contributed by atoms with Crippen LogP contribution in [0.1, 0.15) is 30.4 Å². The minimum Gasteiger partial charge on any atom is -0.481 e. The second-order valence-corrected chi connectivity index (χ2v) is 5.57. The van der Waals surface area contributed by atoms with Crippen molar-refractivity contribution in [3.8, 4) is 0 Å². The highest BCUT2D eigenvalue weighted by Gasteiger charge is 2.16. The van der Waals surface area contributed by atoms with Crippen molar-refractivity contribution in [1.29, 1.82) is 0 Å². The van der Waals surface area contributed by atoms with Crippen LogP contribution >= 0.6 is 15.9 Å². The summed E-state index contributed by atoms with van der Waals surface area (Å²) in [7, 11) is 0. The average molecular weight is 347 g/mol. The van der Waals surface area contributed by atoms with Crippen LogP contribution in [0.15, 0.2) is 16.6 Å². The number of ether oxygens (including phenoxy) is 2. The van der Waals surface area contributed by atoms with Crippen LogP contribution in [0.3, 0.4) is 0 Å². The lowest BCUT2D eigenvalue weighted by Gasteiger charge is -2.23. The molecule has 1 atom stereocenters. The van der Waals surface area contributed by atoms with Crippen molar-refractivity contribution in [3.63, 3.8) is 0 Å². The Bertz CT molecular complexity index is 486. The first-order valence-corrected chi connectivity index (χ1v) is 7.27. The fraction of sp³-hybridized carbons (Fsp3) is 0.500. The molecule has 110 valence electrons. The van der Waals surface area contributed by atoms with Gasteiger partial charge in [0.2, 0.25) is 0 Å². The molecule has 0 aromatic heterocycles. The van der Waals surface area contributed by atoms with Crippen LogP contribution in [0, 0.1) is 5.82 Å². The third-order valence-corrected chi connectivity index (χ3v) is 3.75. The lowest BCUT2D eigenvalue weighted by Crippen LogP contribution is -2.22. The lowest BCUT2D eigenvalue weighted by molar-refractivity contribution is -0.169. The highest BCUT2D eigenvalue weighted by atomic mass is 79.9. The van der Waals surface area contributed by atoms with Crippen LogP contribution in [0.4, 0.5) is 4.39 Å². The molecule has 0 radical (unpaired) electrons. The molecule has 1 unspecified atom stereocenters. The van der Waals surface area contributed by atoms with Crippen molar-refractivity contribution >= 4 is 21.9 Å². The van der Waals surface area contributed by atoms with Gasteiger partial charge in [0.15, 0.2) is 6.29 Å². The summed E-state index contributed by atoms with van der Waals surface area (Å²) < 4.78 is 24.9. The van der Waals surface area contributed by atoms with E-state index in [4.69, 9.17) is 14.6 Å². The summed E-state index contributed by atoms with van der Waals surface area (Å²) in [6, 6.07) is 2.80. The first-order chi connectivity index (χ1) is 9.56. The quantitative estimate of drug-likeness (QED) is 0.888. The molecule has 1 aliphatic heterocycles. The molecule has 1 aromatic rings. The number of rotatable bonds is 5. The molecule has 1 N–H and O–H groups in total. The van der Waals surface area contributed by atoms with Crippen LogP contribution in [-0.4, -0.2) is 24.0 Å². The van der Waals surface area contributed by atoms with E-state index in [9.17, 15) is 9.18 Å². The molecule has 4 nitrogen and oxygen atoms in total. The van der Waals surface area contributed by atoms with Gasteiger partial charge in [0.25, 0.3) is 0 Å². The maximum Gasteiger partial charge on any atom is 0.307 e. The van der Waals surface area contributed by atoms with Crippen molar-refractivity contribution in [2.24, 2.45) is 0 Å². The largest absolute Gasteiger partial charge is 0.481 e. The van der Waals surface area contributed by atoms with Gasteiger partial charge in [-0.05, 0) is 58.5 Å². The molecule has 6 heteroatoms. The molecule has 0 amide bonds. The zero-order valence-corrected chi connectivity index (χ0v) is 12.5. The van der Waals surface area contributed by atoms with Gasteiger partial charge in [-0.15, -0.1) is 0 Å². The number of hydrogen-bond donors (Lipinski definition) is 1. The van der Waals surface area contributed by atoms with E-state index in [0.717, 1.165) is 19.3 Å². The topological polar surface area (TPSA) is 55.8 Å². The molecule has 0 spiro atoms.